The van der Waals surface area contributed by atoms with E-state index in [2.05, 4.69) is 15.4 Å². The number of hydrogen-bond acceptors (Lipinski definition) is 12. The number of benzene rings is 2. The molecule has 3 N–H and O–H groups in total. The molecule has 322 valence electrons. The third kappa shape index (κ3) is 9.62. The minimum Gasteiger partial charge on any atom is -0.497 e. The third-order valence-corrected chi connectivity index (χ3v) is 12.9. The first-order valence-corrected chi connectivity index (χ1v) is 21.9. The predicted octanol–water partition coefficient (Wildman–Crippen LogP) is 4.07. The fourth-order valence-corrected chi connectivity index (χ4v) is 8.95. The van der Waals surface area contributed by atoms with E-state index in [1.54, 1.807) is 33.9 Å². The summed E-state index contributed by atoms with van der Waals surface area (Å²) < 4.78 is 51.7. The number of pyridine rings is 1. The molecule has 17 heteroatoms. The molecule has 2 aliphatic carbocycles. The van der Waals surface area contributed by atoms with Crippen molar-refractivity contribution >= 4 is 50.3 Å². The lowest BCUT2D eigenvalue weighted by atomic mass is 10.1. The quantitative estimate of drug-likeness (QED) is 0.262. The van der Waals surface area contributed by atoms with Crippen molar-refractivity contribution < 1.29 is 46.5 Å². The van der Waals surface area contributed by atoms with E-state index in [0.29, 0.717) is 42.5 Å². The molecule has 4 aliphatic rings. The van der Waals surface area contributed by atoms with Crippen LogP contribution in [-0.2, 0) is 33.9 Å². The monoisotopic (exact) mass is 846 g/mol. The Kier molecular flexibility index (Phi) is 12.0. The SMILES string of the molecule is COc1ccc2c(OC3C[C@H]4C(=O)N[C@]5(C(=O)NS(=O)(=O)C6CC6)C[C@H]5C=CCCCOC[C@H](NC(=O)OC(C)(C)C)C(=O)N4C3)nc(-c3ccc(N(C)C)cc3)cc2c1. The highest BCUT2D eigenvalue weighted by Crippen LogP contribution is 2.46. The number of aromatic nitrogens is 1. The first-order valence-electron chi connectivity index (χ1n) is 20.3. The third-order valence-electron chi connectivity index (χ3n) is 11.1. The topological polar surface area (TPSA) is 195 Å². The Bertz CT molecular complexity index is 2270. The maximum atomic E-state index is 14.6. The lowest BCUT2D eigenvalue weighted by Gasteiger charge is -2.30. The molecule has 0 radical (unpaired) electrons. The number of nitrogens with one attached hydrogen (secondary N) is 3. The number of allylic oxidation sites excluding steroid dienone is 1. The largest absolute Gasteiger partial charge is 0.497 e. The maximum Gasteiger partial charge on any atom is 0.408 e. The highest BCUT2D eigenvalue weighted by atomic mass is 32.2. The lowest BCUT2D eigenvalue weighted by Crippen LogP contribution is -2.59. The van der Waals surface area contributed by atoms with Gasteiger partial charge in [0.1, 0.15) is 35.1 Å². The zero-order valence-electron chi connectivity index (χ0n) is 34.9. The summed E-state index contributed by atoms with van der Waals surface area (Å²) in [5.74, 6) is -1.71. The molecule has 16 nitrogen and oxygen atoms in total. The molecule has 1 aromatic heterocycles. The van der Waals surface area contributed by atoms with Gasteiger partial charge in [0, 0.05) is 49.7 Å². The van der Waals surface area contributed by atoms with E-state index in [9.17, 15) is 27.6 Å². The highest BCUT2D eigenvalue weighted by Gasteiger charge is 2.62. The zero-order chi connectivity index (χ0) is 43.0. The average Bonchev–Trinajstić information content (AvgIpc) is 4.12. The molecule has 1 unspecified atom stereocenters. The highest BCUT2D eigenvalue weighted by molar-refractivity contribution is 7.91. The molecule has 5 atom stereocenters. The van der Waals surface area contributed by atoms with Crippen LogP contribution in [0.1, 0.15) is 59.3 Å². The molecule has 3 fully saturated rings. The normalized spacial score (nSPS) is 24.9. The summed E-state index contributed by atoms with van der Waals surface area (Å²) in [7, 11) is 1.57. The van der Waals surface area contributed by atoms with Gasteiger partial charge in [-0.05, 0) is 94.7 Å². The second-order valence-electron chi connectivity index (χ2n) is 17.1. The van der Waals surface area contributed by atoms with Crippen LogP contribution in [0.25, 0.3) is 22.0 Å². The molecule has 0 spiro atoms. The van der Waals surface area contributed by atoms with Gasteiger partial charge in [0.25, 0.3) is 5.91 Å². The molecular weight excluding hydrogens is 793 g/mol. The number of carbonyl (C=O) groups excluding carboxylic acids is 4. The number of sulfonamides is 1. The Morgan fingerprint density at radius 3 is 2.50 bits per heavy atom. The number of nitrogens with zero attached hydrogens (tertiary/aromatic N) is 3. The molecule has 2 aromatic carbocycles. The Morgan fingerprint density at radius 1 is 1.07 bits per heavy atom. The molecule has 3 aromatic rings. The van der Waals surface area contributed by atoms with Crippen molar-refractivity contribution in [2.45, 2.75) is 93.9 Å². The smallest absolute Gasteiger partial charge is 0.408 e. The van der Waals surface area contributed by atoms with Gasteiger partial charge in [-0.1, -0.05) is 24.3 Å². The van der Waals surface area contributed by atoms with Crippen molar-refractivity contribution in [3.63, 3.8) is 0 Å². The minimum absolute atomic E-state index is 0.0166. The van der Waals surface area contributed by atoms with Crippen molar-refractivity contribution in [3.8, 4) is 22.9 Å². The van der Waals surface area contributed by atoms with Crippen molar-refractivity contribution in [3.05, 3.63) is 60.7 Å². The maximum absolute atomic E-state index is 14.6. The number of carbonyl (C=O) groups is 4. The first kappa shape index (κ1) is 42.7. The van der Waals surface area contributed by atoms with E-state index in [0.717, 1.165) is 16.6 Å². The van der Waals surface area contributed by atoms with Gasteiger partial charge in [-0.15, -0.1) is 0 Å². The predicted molar refractivity (Wildman–Crippen MR) is 224 cm³/mol. The van der Waals surface area contributed by atoms with Gasteiger partial charge >= 0.3 is 6.09 Å². The van der Waals surface area contributed by atoms with Crippen molar-refractivity contribution in [1.82, 2.24) is 25.2 Å². The van der Waals surface area contributed by atoms with Gasteiger partial charge in [-0.2, -0.15) is 0 Å². The Hall–Kier alpha value is -5.42. The number of ether oxygens (including phenoxy) is 4. The second kappa shape index (κ2) is 16.9. The van der Waals surface area contributed by atoms with Gasteiger partial charge in [0.2, 0.25) is 27.7 Å². The van der Waals surface area contributed by atoms with Gasteiger partial charge in [-0.3, -0.25) is 19.1 Å². The Morgan fingerprint density at radius 2 is 1.82 bits per heavy atom. The molecule has 2 aliphatic heterocycles. The van der Waals surface area contributed by atoms with E-state index >= 15 is 0 Å². The molecular formula is C43H54N6O10S. The lowest BCUT2D eigenvalue weighted by molar-refractivity contribution is -0.142. The average molecular weight is 847 g/mol. The number of hydrogen-bond donors (Lipinski definition) is 3. The summed E-state index contributed by atoms with van der Waals surface area (Å²) in [6, 6.07) is 12.9. The molecule has 60 heavy (non-hydrogen) atoms. The van der Waals surface area contributed by atoms with E-state index in [1.165, 1.54) is 4.90 Å². The van der Waals surface area contributed by atoms with Crippen LogP contribution in [-0.4, -0.2) is 118 Å². The standard InChI is InChI=1S/C43H54N6O10S/c1-42(2,3)59-41(53)45-35-25-57-19-9-7-8-10-28-23-43(28,40(52)47-60(54,55)32-16-17-32)46-37(50)36-22-31(24-49(36)39(35)51)58-38-33-18-15-30(56-6)20-27(33)21-34(44-38)26-11-13-29(14-12-26)48(4)5/h8,10-15,18,20-21,28,31-32,35-36H,7,9,16-17,19,22-25H2,1-6H3,(H,45,53)(H,46,50)(H,47,52)/t28-,31?,35+,36+,43-/m1/s1. The van der Waals surface area contributed by atoms with Gasteiger partial charge in [0.15, 0.2) is 0 Å². The van der Waals surface area contributed by atoms with Crippen LogP contribution in [0.2, 0.25) is 0 Å². The number of amides is 4. The number of alkyl carbamates (subject to hydrolysis) is 1. The van der Waals surface area contributed by atoms with Crippen LogP contribution in [0.3, 0.4) is 0 Å². The van der Waals surface area contributed by atoms with Crippen LogP contribution in [0.5, 0.6) is 11.6 Å². The summed E-state index contributed by atoms with van der Waals surface area (Å²) >= 11 is 0. The summed E-state index contributed by atoms with van der Waals surface area (Å²) in [6.45, 7) is 5.06. The number of methoxy groups -OCH3 is 1. The van der Waals surface area contributed by atoms with Crippen molar-refractivity contribution in [2.24, 2.45) is 5.92 Å². The van der Waals surface area contributed by atoms with E-state index in [-0.39, 0.29) is 38.5 Å². The van der Waals surface area contributed by atoms with Crippen LogP contribution >= 0.6 is 0 Å². The summed E-state index contributed by atoms with van der Waals surface area (Å²) in [4.78, 5) is 64.3. The second-order valence-corrected chi connectivity index (χ2v) is 19.1. The molecule has 3 heterocycles. The summed E-state index contributed by atoms with van der Waals surface area (Å²) in [5.41, 5.74) is 0.0534. The summed E-state index contributed by atoms with van der Waals surface area (Å²) in [5, 5.41) is 6.32. The molecule has 2 saturated carbocycles. The fraction of sp³-hybridized carbons (Fsp3) is 0.512. The fourth-order valence-electron chi connectivity index (χ4n) is 7.59. The van der Waals surface area contributed by atoms with Crippen LogP contribution < -0.4 is 29.7 Å². The summed E-state index contributed by atoms with van der Waals surface area (Å²) in [6.07, 6.45) is 4.24. The Labute approximate surface area is 350 Å². The van der Waals surface area contributed by atoms with Gasteiger partial charge in [0.05, 0.1) is 31.2 Å². The van der Waals surface area contributed by atoms with Crippen LogP contribution in [0.4, 0.5) is 10.5 Å². The van der Waals surface area contributed by atoms with Crippen molar-refractivity contribution in [2.75, 3.05) is 45.9 Å². The van der Waals surface area contributed by atoms with Crippen LogP contribution in [0, 0.1) is 5.92 Å². The van der Waals surface area contributed by atoms with Crippen LogP contribution in [0.15, 0.2) is 60.7 Å². The molecule has 4 amide bonds. The number of anilines is 1. The zero-order valence-corrected chi connectivity index (χ0v) is 35.7. The molecule has 7 rings (SSSR count). The number of rotatable bonds is 9. The molecule has 0 bridgehead atoms. The van der Waals surface area contributed by atoms with E-state index in [4.69, 9.17) is 23.9 Å². The van der Waals surface area contributed by atoms with Gasteiger partial charge < -0.3 is 39.4 Å². The van der Waals surface area contributed by atoms with Crippen molar-refractivity contribution in [1.29, 1.82) is 0 Å². The first-order chi connectivity index (χ1) is 28.5. The number of fused-ring (bicyclic) bond motifs is 3. The molecule has 1 saturated heterocycles. The van der Waals surface area contributed by atoms with E-state index < -0.39 is 74.3 Å². The minimum atomic E-state index is -3.93. The van der Waals surface area contributed by atoms with Gasteiger partial charge in [-0.25, -0.2) is 18.2 Å². The van der Waals surface area contributed by atoms with E-state index in [1.807, 2.05) is 73.6 Å². The Balaban J connectivity index is 1.23.